The summed E-state index contributed by atoms with van der Waals surface area (Å²) in [6.07, 6.45) is -1.52. The van der Waals surface area contributed by atoms with Gasteiger partial charge in [0.15, 0.2) is 0 Å². The molecule has 7 nitrogen and oxygen atoms in total. The predicted octanol–water partition coefficient (Wildman–Crippen LogP) is 3.54. The third-order valence-electron chi connectivity index (χ3n) is 5.53. The van der Waals surface area contributed by atoms with Crippen LogP contribution in [-0.2, 0) is 27.3 Å². The molecule has 0 spiro atoms. The summed E-state index contributed by atoms with van der Waals surface area (Å²) in [5, 5.41) is 13.1. The second-order valence-electron chi connectivity index (χ2n) is 7.75. The van der Waals surface area contributed by atoms with Gasteiger partial charge in [-0.3, -0.25) is 0 Å². The van der Waals surface area contributed by atoms with Gasteiger partial charge in [-0.1, -0.05) is 72.8 Å². The number of carbonyl (C=O) groups is 2. The number of aliphatic hydroxyl groups excluding tert-OH is 1. The van der Waals surface area contributed by atoms with Crippen molar-refractivity contribution in [3.8, 4) is 5.75 Å². The first-order chi connectivity index (χ1) is 16.0. The number of methoxy groups -OCH3 is 1. The molecule has 1 amide bonds. The molecule has 33 heavy (non-hydrogen) atoms. The van der Waals surface area contributed by atoms with Crippen LogP contribution >= 0.6 is 0 Å². The van der Waals surface area contributed by atoms with E-state index in [0.717, 1.165) is 22.3 Å². The number of rotatable bonds is 7. The molecule has 1 aliphatic heterocycles. The molecule has 3 aromatic carbocycles. The fraction of sp³-hybridized carbons (Fsp3) is 0.231. The summed E-state index contributed by atoms with van der Waals surface area (Å²) in [6.45, 7) is 0.0907. The van der Waals surface area contributed by atoms with E-state index < -0.39 is 24.4 Å². The van der Waals surface area contributed by atoms with E-state index >= 15 is 0 Å². The van der Waals surface area contributed by atoms with E-state index in [2.05, 4.69) is 5.32 Å². The van der Waals surface area contributed by atoms with Gasteiger partial charge in [0.1, 0.15) is 18.4 Å². The summed E-state index contributed by atoms with van der Waals surface area (Å²) in [6, 6.07) is 23.4. The Bertz CT molecular complexity index is 1100. The van der Waals surface area contributed by atoms with Crippen LogP contribution in [0.5, 0.6) is 5.75 Å². The number of hydrogen-bond donors (Lipinski definition) is 2. The van der Waals surface area contributed by atoms with Crippen LogP contribution in [-0.4, -0.2) is 36.6 Å². The Hall–Kier alpha value is -3.84. The maximum Gasteiger partial charge on any atom is 0.408 e. The summed E-state index contributed by atoms with van der Waals surface area (Å²) in [5.74, 6) is -0.338. The molecule has 0 aromatic heterocycles. The average molecular weight is 447 g/mol. The molecule has 0 bridgehead atoms. The summed E-state index contributed by atoms with van der Waals surface area (Å²) < 4.78 is 15.7. The van der Waals surface area contributed by atoms with E-state index in [9.17, 15) is 14.7 Å². The molecule has 4 rings (SSSR count). The molecule has 0 radical (unpaired) electrons. The molecular formula is C26H25NO6. The van der Waals surface area contributed by atoms with Crippen LogP contribution in [0.15, 0.2) is 78.9 Å². The lowest BCUT2D eigenvalue weighted by atomic mass is 9.90. The van der Waals surface area contributed by atoms with Gasteiger partial charge in [0.05, 0.1) is 13.0 Å². The van der Waals surface area contributed by atoms with E-state index in [1.807, 2.05) is 66.7 Å². The number of aliphatic hydroxyl groups is 1. The maximum atomic E-state index is 12.3. The van der Waals surface area contributed by atoms with Gasteiger partial charge in [-0.2, -0.15) is 0 Å². The summed E-state index contributed by atoms with van der Waals surface area (Å²) >= 11 is 0. The van der Waals surface area contributed by atoms with Gasteiger partial charge in [0.2, 0.25) is 6.29 Å². The number of fused-ring (bicyclic) bond motifs is 1. The minimum Gasteiger partial charge on any atom is -0.467 e. The monoisotopic (exact) mass is 447 g/mol. The maximum absolute atomic E-state index is 12.3. The van der Waals surface area contributed by atoms with Crippen LogP contribution in [0.3, 0.4) is 0 Å². The van der Waals surface area contributed by atoms with Gasteiger partial charge in [-0.05, 0) is 22.8 Å². The van der Waals surface area contributed by atoms with Crippen LogP contribution in [0.4, 0.5) is 4.79 Å². The van der Waals surface area contributed by atoms with Crippen molar-refractivity contribution >= 4 is 12.1 Å². The lowest BCUT2D eigenvalue weighted by Gasteiger charge is -2.18. The molecule has 170 valence electrons. The van der Waals surface area contributed by atoms with E-state index in [1.165, 1.54) is 7.11 Å². The number of hydrogen-bond acceptors (Lipinski definition) is 6. The smallest absolute Gasteiger partial charge is 0.408 e. The second-order valence-corrected chi connectivity index (χ2v) is 7.75. The number of ether oxygens (including phenoxy) is 3. The Morgan fingerprint density at radius 1 is 1.00 bits per heavy atom. The molecule has 7 heteroatoms. The SMILES string of the molecule is COC(=O)[C@H](Cc1ccc2c(c1)C(c1ccccc1)C(O)O2)NC(=O)OCc1ccccc1. The fourth-order valence-electron chi connectivity index (χ4n) is 3.91. The molecule has 3 atom stereocenters. The number of amides is 1. The molecule has 2 N–H and O–H groups in total. The highest BCUT2D eigenvalue weighted by atomic mass is 16.6. The van der Waals surface area contributed by atoms with Gasteiger partial charge in [0.25, 0.3) is 0 Å². The highest BCUT2D eigenvalue weighted by Gasteiger charge is 2.34. The van der Waals surface area contributed by atoms with Crippen LogP contribution in [0.2, 0.25) is 0 Å². The first-order valence-corrected chi connectivity index (χ1v) is 10.6. The lowest BCUT2D eigenvalue weighted by molar-refractivity contribution is -0.143. The quantitative estimate of drug-likeness (QED) is 0.538. The van der Waals surface area contributed by atoms with E-state index in [0.29, 0.717) is 5.75 Å². The van der Waals surface area contributed by atoms with E-state index in [4.69, 9.17) is 14.2 Å². The Kier molecular flexibility index (Phi) is 6.90. The Morgan fingerprint density at radius 3 is 2.39 bits per heavy atom. The standard InChI is InChI=1S/C26H25NO6/c1-31-24(28)21(27-26(30)32-16-17-8-4-2-5-9-17)15-18-12-13-22-20(14-18)23(25(29)33-22)19-10-6-3-7-11-19/h2-14,21,23,25,29H,15-16H2,1H3,(H,27,30)/t21-,23?,25?/m0/s1. The first kappa shape index (κ1) is 22.4. The van der Waals surface area contributed by atoms with Crippen molar-refractivity contribution in [3.63, 3.8) is 0 Å². The molecule has 1 heterocycles. The van der Waals surface area contributed by atoms with Gasteiger partial charge in [-0.25, -0.2) is 9.59 Å². The fourth-order valence-corrected chi connectivity index (χ4v) is 3.91. The summed E-state index contributed by atoms with van der Waals surface area (Å²) in [4.78, 5) is 24.7. The van der Waals surface area contributed by atoms with Gasteiger partial charge < -0.3 is 24.6 Å². The Morgan fingerprint density at radius 2 is 1.70 bits per heavy atom. The van der Waals surface area contributed by atoms with Crippen LogP contribution in [0, 0.1) is 0 Å². The zero-order valence-corrected chi connectivity index (χ0v) is 18.1. The van der Waals surface area contributed by atoms with Gasteiger partial charge in [0, 0.05) is 12.0 Å². The van der Waals surface area contributed by atoms with Crippen molar-refractivity contribution < 1.29 is 28.9 Å². The van der Waals surface area contributed by atoms with Crippen LogP contribution in [0.25, 0.3) is 0 Å². The average Bonchev–Trinajstić information content (AvgIpc) is 3.18. The third-order valence-corrected chi connectivity index (χ3v) is 5.53. The molecule has 0 saturated heterocycles. The molecule has 0 fully saturated rings. The molecule has 1 aliphatic rings. The Balaban J connectivity index is 1.48. The highest BCUT2D eigenvalue weighted by molar-refractivity contribution is 5.81. The normalized spacial score (nSPS) is 17.4. The van der Waals surface area contributed by atoms with Crippen molar-refractivity contribution in [2.24, 2.45) is 0 Å². The van der Waals surface area contributed by atoms with Gasteiger partial charge in [-0.15, -0.1) is 0 Å². The largest absolute Gasteiger partial charge is 0.467 e. The van der Waals surface area contributed by atoms with Crippen LogP contribution in [0.1, 0.15) is 28.2 Å². The predicted molar refractivity (Wildman–Crippen MR) is 121 cm³/mol. The molecule has 3 aromatic rings. The lowest BCUT2D eigenvalue weighted by Crippen LogP contribution is -2.43. The first-order valence-electron chi connectivity index (χ1n) is 10.6. The van der Waals surface area contributed by atoms with Crippen LogP contribution < -0.4 is 10.1 Å². The third kappa shape index (κ3) is 5.32. The van der Waals surface area contributed by atoms with Crippen molar-refractivity contribution in [2.75, 3.05) is 7.11 Å². The summed E-state index contributed by atoms with van der Waals surface area (Å²) in [5.41, 5.74) is 3.37. The second kappa shape index (κ2) is 10.2. The van der Waals surface area contributed by atoms with Crippen molar-refractivity contribution in [1.82, 2.24) is 5.32 Å². The molecule has 0 aliphatic carbocycles. The molecule has 2 unspecified atom stereocenters. The Labute approximate surface area is 191 Å². The zero-order chi connectivity index (χ0) is 23.2. The van der Waals surface area contributed by atoms with Crippen molar-refractivity contribution in [1.29, 1.82) is 0 Å². The van der Waals surface area contributed by atoms with E-state index in [1.54, 1.807) is 12.1 Å². The number of nitrogens with one attached hydrogen (secondary N) is 1. The van der Waals surface area contributed by atoms with Crippen molar-refractivity contribution in [3.05, 3.63) is 101 Å². The number of benzene rings is 3. The van der Waals surface area contributed by atoms with Gasteiger partial charge >= 0.3 is 12.1 Å². The minimum absolute atomic E-state index is 0.0907. The number of carbonyl (C=O) groups excluding carboxylic acids is 2. The number of alkyl carbamates (subject to hydrolysis) is 1. The molecule has 0 saturated carbocycles. The zero-order valence-electron chi connectivity index (χ0n) is 18.1. The topological polar surface area (TPSA) is 94.1 Å². The van der Waals surface area contributed by atoms with E-state index in [-0.39, 0.29) is 18.9 Å². The number of esters is 1. The van der Waals surface area contributed by atoms with Crippen molar-refractivity contribution in [2.45, 2.75) is 31.3 Å². The minimum atomic E-state index is -1.000. The molecular weight excluding hydrogens is 422 g/mol. The highest BCUT2D eigenvalue weighted by Crippen LogP contribution is 2.41. The summed E-state index contributed by atoms with van der Waals surface area (Å²) in [7, 11) is 1.27.